The Hall–Kier alpha value is -1.43. The molecule has 0 radical (unpaired) electrons. The molecular weight excluding hydrogens is 257 g/mol. The SMILES string of the molecule is O=c1onc(-c2cc(Br)ccc2F)o1. The molecule has 14 heavy (non-hydrogen) atoms. The Morgan fingerprint density at radius 1 is 1.43 bits per heavy atom. The summed E-state index contributed by atoms with van der Waals surface area (Å²) in [4.78, 5) is 10.5. The summed E-state index contributed by atoms with van der Waals surface area (Å²) >= 11 is 3.16. The fraction of sp³-hybridized carbons (Fsp3) is 0. The molecule has 0 aliphatic carbocycles. The highest BCUT2D eigenvalue weighted by Crippen LogP contribution is 2.23. The number of benzene rings is 1. The van der Waals surface area contributed by atoms with Crippen molar-refractivity contribution in [3.63, 3.8) is 0 Å². The lowest BCUT2D eigenvalue weighted by Gasteiger charge is -1.96. The van der Waals surface area contributed by atoms with Crippen molar-refractivity contribution in [2.24, 2.45) is 0 Å². The van der Waals surface area contributed by atoms with Crippen molar-refractivity contribution < 1.29 is 13.3 Å². The van der Waals surface area contributed by atoms with Crippen molar-refractivity contribution in [2.45, 2.75) is 0 Å². The van der Waals surface area contributed by atoms with Crippen molar-refractivity contribution in [1.82, 2.24) is 5.16 Å². The first-order valence-corrected chi connectivity index (χ1v) is 4.38. The monoisotopic (exact) mass is 259 g/mol. The van der Waals surface area contributed by atoms with Gasteiger partial charge in [-0.15, -0.1) is 0 Å². The Labute approximate surface area is 85.5 Å². The number of rotatable bonds is 1. The molecule has 6 heteroatoms. The summed E-state index contributed by atoms with van der Waals surface area (Å²) < 4.78 is 22.5. The van der Waals surface area contributed by atoms with E-state index >= 15 is 0 Å². The van der Waals surface area contributed by atoms with Gasteiger partial charge in [0.25, 0.3) is 5.89 Å². The Morgan fingerprint density at radius 3 is 2.86 bits per heavy atom. The van der Waals surface area contributed by atoms with Crippen LogP contribution in [0.2, 0.25) is 0 Å². The van der Waals surface area contributed by atoms with E-state index in [-0.39, 0.29) is 11.5 Å². The molecule has 1 aromatic carbocycles. The maximum absolute atomic E-state index is 13.2. The Balaban J connectivity index is 2.61. The summed E-state index contributed by atoms with van der Waals surface area (Å²) in [6.45, 7) is 0. The third-order valence-electron chi connectivity index (χ3n) is 1.54. The van der Waals surface area contributed by atoms with Crippen LogP contribution in [0, 0.1) is 5.82 Å². The lowest BCUT2D eigenvalue weighted by atomic mass is 10.2. The average molecular weight is 260 g/mol. The number of nitrogens with zero attached hydrogens (tertiary/aromatic N) is 1. The van der Waals surface area contributed by atoms with Gasteiger partial charge in [0.15, 0.2) is 0 Å². The molecule has 4 nitrogen and oxygen atoms in total. The summed E-state index contributed by atoms with van der Waals surface area (Å²) in [5.41, 5.74) is 0.0743. The minimum absolute atomic E-state index is 0.0743. The second kappa shape index (κ2) is 3.38. The zero-order valence-electron chi connectivity index (χ0n) is 6.66. The fourth-order valence-electron chi connectivity index (χ4n) is 0.960. The van der Waals surface area contributed by atoms with Gasteiger partial charge in [0.05, 0.1) is 5.56 Å². The van der Waals surface area contributed by atoms with Gasteiger partial charge in [-0.2, -0.15) is 0 Å². The van der Waals surface area contributed by atoms with Gasteiger partial charge in [-0.1, -0.05) is 15.9 Å². The minimum atomic E-state index is -0.959. The highest BCUT2D eigenvalue weighted by atomic mass is 79.9. The molecule has 0 fully saturated rings. The van der Waals surface area contributed by atoms with Crippen molar-refractivity contribution in [1.29, 1.82) is 0 Å². The lowest BCUT2D eigenvalue weighted by Crippen LogP contribution is -1.87. The molecule has 0 spiro atoms. The summed E-state index contributed by atoms with van der Waals surface area (Å²) in [7, 11) is 0. The molecule has 72 valence electrons. The Bertz CT molecular complexity index is 519. The summed E-state index contributed by atoms with van der Waals surface area (Å²) in [5, 5.41) is 3.27. The number of hydrogen-bond acceptors (Lipinski definition) is 4. The number of aromatic nitrogens is 1. The van der Waals surface area contributed by atoms with Crippen molar-refractivity contribution in [3.05, 3.63) is 39.1 Å². The Kier molecular flexibility index (Phi) is 2.20. The molecule has 0 N–H and O–H groups in total. The van der Waals surface area contributed by atoms with Crippen LogP contribution >= 0.6 is 15.9 Å². The highest BCUT2D eigenvalue weighted by molar-refractivity contribution is 9.10. The van der Waals surface area contributed by atoms with Gasteiger partial charge in [-0.25, -0.2) is 9.18 Å². The van der Waals surface area contributed by atoms with Crippen LogP contribution in [0.4, 0.5) is 4.39 Å². The molecule has 1 heterocycles. The van der Waals surface area contributed by atoms with Crippen LogP contribution in [0.1, 0.15) is 0 Å². The van der Waals surface area contributed by atoms with E-state index in [2.05, 4.69) is 30.0 Å². The fourth-order valence-corrected chi connectivity index (χ4v) is 1.32. The first-order chi connectivity index (χ1) is 6.66. The van der Waals surface area contributed by atoms with Gasteiger partial charge in [0, 0.05) is 4.47 Å². The third kappa shape index (κ3) is 1.60. The summed E-state index contributed by atoms with van der Waals surface area (Å²) in [5.74, 6) is -1.67. The molecule has 0 aliphatic rings. The van der Waals surface area contributed by atoms with Gasteiger partial charge in [-0.05, 0) is 23.4 Å². The van der Waals surface area contributed by atoms with E-state index < -0.39 is 11.6 Å². The van der Waals surface area contributed by atoms with E-state index in [1.54, 1.807) is 0 Å². The normalized spacial score (nSPS) is 10.4. The lowest BCUT2D eigenvalue weighted by molar-refractivity contribution is 0.335. The van der Waals surface area contributed by atoms with Crippen LogP contribution in [0.15, 0.2) is 36.4 Å². The second-order valence-corrected chi connectivity index (χ2v) is 3.38. The van der Waals surface area contributed by atoms with Gasteiger partial charge in [0.1, 0.15) is 5.82 Å². The minimum Gasteiger partial charge on any atom is -0.370 e. The molecule has 0 aliphatic heterocycles. The standard InChI is InChI=1S/C8H3BrFNO3/c9-4-1-2-6(10)5(3-4)7-11-14-8(12)13-7/h1-3H. The van der Waals surface area contributed by atoms with Gasteiger partial charge < -0.3 is 4.42 Å². The second-order valence-electron chi connectivity index (χ2n) is 2.46. The molecule has 0 amide bonds. The molecule has 2 aromatic rings. The smallest absolute Gasteiger partial charge is 0.370 e. The van der Waals surface area contributed by atoms with E-state index in [1.807, 2.05) is 0 Å². The van der Waals surface area contributed by atoms with Gasteiger partial charge in [-0.3, -0.25) is 4.52 Å². The summed E-state index contributed by atoms with van der Waals surface area (Å²) in [6.07, 6.45) is 0. The zero-order chi connectivity index (χ0) is 10.1. The first-order valence-electron chi connectivity index (χ1n) is 3.59. The molecule has 0 saturated heterocycles. The third-order valence-corrected chi connectivity index (χ3v) is 2.04. The number of hydrogen-bond donors (Lipinski definition) is 0. The molecule has 0 saturated carbocycles. The van der Waals surface area contributed by atoms with Gasteiger partial charge >= 0.3 is 5.82 Å². The maximum atomic E-state index is 13.2. The van der Waals surface area contributed by atoms with Crippen LogP contribution in [0.5, 0.6) is 0 Å². The van der Waals surface area contributed by atoms with Crippen LogP contribution in [-0.4, -0.2) is 5.16 Å². The predicted molar refractivity (Wildman–Crippen MR) is 48.1 cm³/mol. The average Bonchev–Trinajstić information content (AvgIpc) is 2.56. The molecule has 0 atom stereocenters. The molecular formula is C8H3BrFNO3. The van der Waals surface area contributed by atoms with Crippen molar-refractivity contribution in [2.75, 3.05) is 0 Å². The Morgan fingerprint density at radius 2 is 2.21 bits per heavy atom. The van der Waals surface area contributed by atoms with Crippen LogP contribution < -0.4 is 5.82 Å². The van der Waals surface area contributed by atoms with E-state index in [0.717, 1.165) is 0 Å². The largest absolute Gasteiger partial charge is 0.542 e. The highest BCUT2D eigenvalue weighted by Gasteiger charge is 2.12. The predicted octanol–water partition coefficient (Wildman–Crippen LogP) is 2.20. The van der Waals surface area contributed by atoms with E-state index in [1.165, 1.54) is 18.2 Å². The van der Waals surface area contributed by atoms with E-state index in [0.29, 0.717) is 4.47 Å². The molecule has 1 aromatic heterocycles. The topological polar surface area (TPSA) is 56.2 Å². The molecule has 0 bridgehead atoms. The maximum Gasteiger partial charge on any atom is 0.542 e. The van der Waals surface area contributed by atoms with Crippen LogP contribution in [0.3, 0.4) is 0 Å². The van der Waals surface area contributed by atoms with Crippen LogP contribution in [-0.2, 0) is 0 Å². The van der Waals surface area contributed by atoms with Crippen molar-refractivity contribution in [3.8, 4) is 11.5 Å². The van der Waals surface area contributed by atoms with Crippen LogP contribution in [0.25, 0.3) is 11.5 Å². The molecule has 2 rings (SSSR count). The number of halogens is 2. The molecule has 0 unspecified atom stereocenters. The van der Waals surface area contributed by atoms with E-state index in [9.17, 15) is 9.18 Å². The van der Waals surface area contributed by atoms with Crippen molar-refractivity contribution >= 4 is 15.9 Å². The van der Waals surface area contributed by atoms with Gasteiger partial charge in [0.2, 0.25) is 0 Å². The zero-order valence-corrected chi connectivity index (χ0v) is 8.25. The summed E-state index contributed by atoms with van der Waals surface area (Å²) in [6, 6.07) is 4.20. The quantitative estimate of drug-likeness (QED) is 0.788. The first kappa shape index (κ1) is 9.14. The van der Waals surface area contributed by atoms with E-state index in [4.69, 9.17) is 0 Å².